The Hall–Kier alpha value is -1.81. The molecule has 0 atom stereocenters. The van der Waals surface area contributed by atoms with Gasteiger partial charge in [0.05, 0.1) is 10.4 Å². The van der Waals surface area contributed by atoms with Gasteiger partial charge in [0.1, 0.15) is 0 Å². The Morgan fingerprint density at radius 3 is 2.52 bits per heavy atom. The molecule has 2 aromatic carbocycles. The van der Waals surface area contributed by atoms with Gasteiger partial charge in [-0.3, -0.25) is 4.90 Å². The normalized spacial score (nSPS) is 16.0. The minimum Gasteiger partial charge on any atom is -0.314 e. The molecular formula is C20H20BrF2N3O2S. The summed E-state index contributed by atoms with van der Waals surface area (Å²) in [6.45, 7) is 3.82. The first-order valence-corrected chi connectivity index (χ1v) is 11.5. The summed E-state index contributed by atoms with van der Waals surface area (Å²) in [5.74, 6) is 0. The van der Waals surface area contributed by atoms with E-state index < -0.39 is 16.4 Å². The minimum atomic E-state index is -4.02. The average molecular weight is 484 g/mol. The molecule has 1 aliphatic heterocycles. The van der Waals surface area contributed by atoms with Crippen molar-refractivity contribution in [3.05, 3.63) is 64.3 Å². The maximum absolute atomic E-state index is 13.9. The van der Waals surface area contributed by atoms with Gasteiger partial charge in [0.15, 0.2) is 0 Å². The molecule has 1 aromatic heterocycles. The largest absolute Gasteiger partial charge is 0.314 e. The highest BCUT2D eigenvalue weighted by Gasteiger charge is 2.26. The minimum absolute atomic E-state index is 0.0390. The molecule has 3 aromatic rings. The highest BCUT2D eigenvalue weighted by atomic mass is 79.9. The lowest BCUT2D eigenvalue weighted by Crippen LogP contribution is -2.42. The van der Waals surface area contributed by atoms with E-state index in [1.165, 1.54) is 12.1 Å². The molecule has 0 unspecified atom stereocenters. The van der Waals surface area contributed by atoms with Crippen molar-refractivity contribution in [2.45, 2.75) is 17.9 Å². The summed E-state index contributed by atoms with van der Waals surface area (Å²) >= 11 is 3.27. The van der Waals surface area contributed by atoms with Crippen molar-refractivity contribution in [3.63, 3.8) is 0 Å². The number of fused-ring (bicyclic) bond motifs is 1. The Kier molecular flexibility index (Phi) is 5.74. The predicted molar refractivity (Wildman–Crippen MR) is 112 cm³/mol. The summed E-state index contributed by atoms with van der Waals surface area (Å²) in [6.07, 6.45) is -1.71. The molecule has 1 N–H and O–H groups in total. The van der Waals surface area contributed by atoms with Gasteiger partial charge in [-0.1, -0.05) is 34.1 Å². The van der Waals surface area contributed by atoms with Crippen LogP contribution < -0.4 is 5.32 Å². The van der Waals surface area contributed by atoms with E-state index in [-0.39, 0.29) is 16.0 Å². The second kappa shape index (κ2) is 8.14. The van der Waals surface area contributed by atoms with Crippen LogP contribution in [-0.4, -0.2) is 43.5 Å². The molecule has 0 saturated carbocycles. The lowest BCUT2D eigenvalue weighted by molar-refractivity contribution is 0.153. The summed E-state index contributed by atoms with van der Waals surface area (Å²) in [6, 6.07) is 11.3. The van der Waals surface area contributed by atoms with Crippen LogP contribution in [0.2, 0.25) is 0 Å². The average Bonchev–Trinajstić information content (AvgIpc) is 3.11. The molecule has 0 aliphatic carbocycles. The molecule has 9 heteroatoms. The number of nitrogens with zero attached hydrogens (tertiary/aromatic N) is 2. The van der Waals surface area contributed by atoms with Crippen molar-refractivity contribution in [2.24, 2.45) is 0 Å². The highest BCUT2D eigenvalue weighted by Crippen LogP contribution is 2.35. The van der Waals surface area contributed by atoms with Crippen molar-refractivity contribution in [2.75, 3.05) is 26.2 Å². The quantitative estimate of drug-likeness (QED) is 0.596. The molecule has 1 fully saturated rings. The van der Waals surface area contributed by atoms with Crippen LogP contribution in [0.15, 0.2) is 58.0 Å². The molecule has 4 rings (SSSR count). The number of rotatable bonds is 5. The van der Waals surface area contributed by atoms with Gasteiger partial charge in [0.2, 0.25) is 0 Å². The molecule has 0 bridgehead atoms. The summed E-state index contributed by atoms with van der Waals surface area (Å²) in [4.78, 5) is 2.22. The van der Waals surface area contributed by atoms with Crippen LogP contribution >= 0.6 is 15.9 Å². The highest BCUT2D eigenvalue weighted by molar-refractivity contribution is 9.10. The zero-order valence-electron chi connectivity index (χ0n) is 15.5. The Balaban J connectivity index is 1.87. The van der Waals surface area contributed by atoms with Crippen LogP contribution in [0.3, 0.4) is 0 Å². The number of nitrogens with one attached hydrogen (secondary N) is 1. The molecule has 1 aliphatic rings. The molecule has 0 radical (unpaired) electrons. The second-order valence-corrected chi connectivity index (χ2v) is 9.71. The van der Waals surface area contributed by atoms with Crippen molar-refractivity contribution >= 4 is 36.9 Å². The first kappa shape index (κ1) is 20.5. The van der Waals surface area contributed by atoms with Crippen molar-refractivity contribution in [1.82, 2.24) is 14.2 Å². The smallest absolute Gasteiger partial charge is 0.268 e. The van der Waals surface area contributed by atoms with Crippen molar-refractivity contribution in [3.8, 4) is 0 Å². The van der Waals surface area contributed by atoms with E-state index in [2.05, 4.69) is 26.1 Å². The zero-order chi connectivity index (χ0) is 20.6. The van der Waals surface area contributed by atoms with E-state index in [1.54, 1.807) is 30.3 Å². The van der Waals surface area contributed by atoms with Crippen LogP contribution in [0.4, 0.5) is 8.78 Å². The molecule has 5 nitrogen and oxygen atoms in total. The number of alkyl halides is 2. The van der Waals surface area contributed by atoms with E-state index in [4.69, 9.17) is 0 Å². The fraction of sp³-hybridized carbons (Fsp3) is 0.300. The first-order chi connectivity index (χ1) is 13.9. The zero-order valence-corrected chi connectivity index (χ0v) is 17.9. The SMILES string of the molecule is O=S(=O)(c1cccc(Br)c1)n1cc(C(F)F)c2c(CN3CCNCC3)cccc21. The van der Waals surface area contributed by atoms with E-state index in [0.717, 1.165) is 36.3 Å². The van der Waals surface area contributed by atoms with Crippen molar-refractivity contribution in [1.29, 1.82) is 0 Å². The number of benzene rings is 2. The predicted octanol–water partition coefficient (Wildman–Crippen LogP) is 3.98. The number of piperazine rings is 1. The maximum atomic E-state index is 13.9. The van der Waals surface area contributed by atoms with Crippen LogP contribution in [0.25, 0.3) is 10.9 Å². The number of halogens is 3. The van der Waals surface area contributed by atoms with Crippen LogP contribution in [0, 0.1) is 0 Å². The van der Waals surface area contributed by atoms with Crippen LogP contribution in [0.1, 0.15) is 17.6 Å². The summed E-state index contributed by atoms with van der Waals surface area (Å²) in [5, 5.41) is 3.58. The van der Waals surface area contributed by atoms with Crippen LogP contribution in [-0.2, 0) is 16.6 Å². The Bertz CT molecular complexity index is 1140. The number of hydrogen-bond acceptors (Lipinski definition) is 4. The summed E-state index contributed by atoms with van der Waals surface area (Å²) in [5.41, 5.74) is 0.722. The van der Waals surface area contributed by atoms with Gasteiger partial charge in [0, 0.05) is 54.3 Å². The van der Waals surface area contributed by atoms with Crippen LogP contribution in [0.5, 0.6) is 0 Å². The van der Waals surface area contributed by atoms with Gasteiger partial charge in [-0.25, -0.2) is 21.2 Å². The maximum Gasteiger partial charge on any atom is 0.268 e. The molecule has 29 heavy (non-hydrogen) atoms. The summed E-state index contributed by atoms with van der Waals surface area (Å²) < 4.78 is 55.8. The van der Waals surface area contributed by atoms with Gasteiger partial charge in [0.25, 0.3) is 16.4 Å². The number of hydrogen-bond donors (Lipinski definition) is 1. The summed E-state index contributed by atoms with van der Waals surface area (Å²) in [7, 11) is -4.02. The standard InChI is InChI=1S/C20H20BrF2N3O2S/c21-15-4-2-5-16(11-15)29(27,28)26-13-17(20(22)23)19-14(3-1-6-18(19)26)12-25-9-7-24-8-10-25/h1-6,11,13,20,24H,7-10,12H2. The molecule has 1 saturated heterocycles. The van der Waals surface area contributed by atoms with E-state index in [0.29, 0.717) is 22.0 Å². The van der Waals surface area contributed by atoms with E-state index in [9.17, 15) is 17.2 Å². The third-order valence-electron chi connectivity index (χ3n) is 5.10. The molecule has 0 spiro atoms. The monoisotopic (exact) mass is 483 g/mol. The third kappa shape index (κ3) is 3.96. The van der Waals surface area contributed by atoms with Gasteiger partial charge >= 0.3 is 0 Å². The lowest BCUT2D eigenvalue weighted by Gasteiger charge is -2.27. The van der Waals surface area contributed by atoms with E-state index in [1.807, 2.05) is 0 Å². The molecule has 154 valence electrons. The Morgan fingerprint density at radius 1 is 1.10 bits per heavy atom. The second-order valence-electron chi connectivity index (χ2n) is 6.98. The topological polar surface area (TPSA) is 54.3 Å². The fourth-order valence-corrected chi connectivity index (χ4v) is 5.68. The Labute approximate surface area is 176 Å². The Morgan fingerprint density at radius 2 is 1.83 bits per heavy atom. The van der Waals surface area contributed by atoms with Gasteiger partial charge < -0.3 is 5.32 Å². The third-order valence-corrected chi connectivity index (χ3v) is 7.27. The first-order valence-electron chi connectivity index (χ1n) is 9.23. The fourth-order valence-electron chi connectivity index (χ4n) is 3.71. The van der Waals surface area contributed by atoms with Gasteiger partial charge in [-0.15, -0.1) is 0 Å². The van der Waals surface area contributed by atoms with Crippen molar-refractivity contribution < 1.29 is 17.2 Å². The molecule has 0 amide bonds. The number of aromatic nitrogens is 1. The van der Waals surface area contributed by atoms with Gasteiger partial charge in [-0.05, 0) is 29.8 Å². The lowest BCUT2D eigenvalue weighted by atomic mass is 10.1. The molecular weight excluding hydrogens is 464 g/mol. The van der Waals surface area contributed by atoms with E-state index >= 15 is 0 Å². The van der Waals surface area contributed by atoms with Gasteiger partial charge in [-0.2, -0.15) is 0 Å². The molecule has 2 heterocycles.